The Morgan fingerprint density at radius 3 is 2.67 bits per heavy atom. The summed E-state index contributed by atoms with van der Waals surface area (Å²) < 4.78 is 0. The molecular weight excluding hydrogens is 228 g/mol. The summed E-state index contributed by atoms with van der Waals surface area (Å²) in [5, 5.41) is 2.95. The number of nitrogen functional groups attached to an aromatic ring is 1. The van der Waals surface area contributed by atoms with E-state index in [9.17, 15) is 4.79 Å². The number of pyridine rings is 1. The molecule has 0 aromatic carbocycles. The van der Waals surface area contributed by atoms with Crippen molar-refractivity contribution in [2.45, 2.75) is 40.2 Å². The van der Waals surface area contributed by atoms with Crippen LogP contribution in [-0.2, 0) is 0 Å². The Hall–Kier alpha value is -1.62. The zero-order chi connectivity index (χ0) is 13.7. The van der Waals surface area contributed by atoms with Gasteiger partial charge in [-0.3, -0.25) is 15.6 Å². The highest BCUT2D eigenvalue weighted by atomic mass is 16.1. The zero-order valence-electron chi connectivity index (χ0n) is 11.4. The number of aryl methyl sites for hydroxylation is 1. The van der Waals surface area contributed by atoms with E-state index in [4.69, 9.17) is 5.84 Å². The van der Waals surface area contributed by atoms with Gasteiger partial charge in [0.1, 0.15) is 0 Å². The van der Waals surface area contributed by atoms with Gasteiger partial charge < -0.3 is 10.7 Å². The Kier molecular flexibility index (Phi) is 5.09. The molecule has 0 spiro atoms. The first-order valence-corrected chi connectivity index (χ1v) is 6.18. The monoisotopic (exact) mass is 250 g/mol. The van der Waals surface area contributed by atoms with E-state index in [0.717, 1.165) is 12.1 Å². The predicted octanol–water partition coefficient (Wildman–Crippen LogP) is 1.84. The molecule has 4 N–H and O–H groups in total. The quantitative estimate of drug-likeness (QED) is 0.550. The molecule has 0 saturated carbocycles. The molecule has 1 rings (SSSR count). The lowest BCUT2D eigenvalue weighted by Crippen LogP contribution is -2.34. The zero-order valence-corrected chi connectivity index (χ0v) is 11.4. The molecule has 1 unspecified atom stereocenters. The fourth-order valence-electron chi connectivity index (χ4n) is 1.93. The summed E-state index contributed by atoms with van der Waals surface area (Å²) in [7, 11) is 0. The Morgan fingerprint density at radius 2 is 2.11 bits per heavy atom. The van der Waals surface area contributed by atoms with Crippen LogP contribution in [0, 0.1) is 12.8 Å². The topological polar surface area (TPSA) is 80.0 Å². The number of carbonyl (C=O) groups excluding carboxylic acids is 1. The summed E-state index contributed by atoms with van der Waals surface area (Å²) in [5.41, 5.74) is 4.41. The molecule has 1 aromatic heterocycles. The van der Waals surface area contributed by atoms with Crippen LogP contribution in [0.4, 0.5) is 5.69 Å². The summed E-state index contributed by atoms with van der Waals surface area (Å²) >= 11 is 0. The number of aromatic nitrogens is 1. The molecule has 0 aliphatic rings. The molecule has 1 atom stereocenters. The van der Waals surface area contributed by atoms with Gasteiger partial charge in [-0.25, -0.2) is 0 Å². The number of hydrazine groups is 1. The SMILES string of the molecule is Cc1cc(NN)c(C(=O)NC(C)CC(C)C)cn1. The average molecular weight is 250 g/mol. The van der Waals surface area contributed by atoms with Crippen molar-refractivity contribution in [2.24, 2.45) is 11.8 Å². The number of amides is 1. The number of anilines is 1. The number of rotatable bonds is 5. The molecule has 0 aliphatic carbocycles. The minimum absolute atomic E-state index is 0.129. The Bertz CT molecular complexity index is 417. The summed E-state index contributed by atoms with van der Waals surface area (Å²) in [6.45, 7) is 8.10. The second-order valence-corrected chi connectivity index (χ2v) is 5.02. The van der Waals surface area contributed by atoms with Gasteiger partial charge in [0.25, 0.3) is 5.91 Å². The van der Waals surface area contributed by atoms with Crippen LogP contribution in [0.2, 0.25) is 0 Å². The Balaban J connectivity index is 2.78. The summed E-state index contributed by atoms with van der Waals surface area (Å²) in [4.78, 5) is 16.2. The van der Waals surface area contributed by atoms with E-state index < -0.39 is 0 Å². The fourth-order valence-corrected chi connectivity index (χ4v) is 1.93. The highest BCUT2D eigenvalue weighted by molar-refractivity contribution is 5.99. The van der Waals surface area contributed by atoms with E-state index in [2.05, 4.69) is 29.6 Å². The van der Waals surface area contributed by atoms with E-state index >= 15 is 0 Å². The van der Waals surface area contributed by atoms with Gasteiger partial charge in [0.15, 0.2) is 0 Å². The molecule has 0 aliphatic heterocycles. The van der Waals surface area contributed by atoms with Crippen molar-refractivity contribution in [1.82, 2.24) is 10.3 Å². The van der Waals surface area contributed by atoms with Gasteiger partial charge in [0.05, 0.1) is 11.3 Å². The molecule has 1 aromatic rings. The van der Waals surface area contributed by atoms with Crippen LogP contribution in [0.5, 0.6) is 0 Å². The van der Waals surface area contributed by atoms with Gasteiger partial charge in [0, 0.05) is 17.9 Å². The lowest BCUT2D eigenvalue weighted by Gasteiger charge is -2.17. The molecule has 0 radical (unpaired) electrons. The maximum atomic E-state index is 12.1. The van der Waals surface area contributed by atoms with E-state index in [-0.39, 0.29) is 11.9 Å². The smallest absolute Gasteiger partial charge is 0.255 e. The first kappa shape index (κ1) is 14.4. The van der Waals surface area contributed by atoms with Crippen LogP contribution in [0.15, 0.2) is 12.3 Å². The predicted molar refractivity (Wildman–Crippen MR) is 73.2 cm³/mol. The van der Waals surface area contributed by atoms with Crippen molar-refractivity contribution in [3.05, 3.63) is 23.5 Å². The van der Waals surface area contributed by atoms with Gasteiger partial charge in [-0.15, -0.1) is 0 Å². The molecule has 100 valence electrons. The normalized spacial score (nSPS) is 12.3. The van der Waals surface area contributed by atoms with Crippen LogP contribution in [0.1, 0.15) is 43.2 Å². The molecule has 1 heterocycles. The van der Waals surface area contributed by atoms with Gasteiger partial charge >= 0.3 is 0 Å². The van der Waals surface area contributed by atoms with Crippen molar-refractivity contribution in [3.8, 4) is 0 Å². The third kappa shape index (κ3) is 4.00. The molecule has 0 saturated heterocycles. The molecule has 1 amide bonds. The Morgan fingerprint density at radius 1 is 1.44 bits per heavy atom. The maximum absolute atomic E-state index is 12.1. The third-order valence-corrected chi connectivity index (χ3v) is 2.64. The summed E-state index contributed by atoms with van der Waals surface area (Å²) in [6, 6.07) is 1.88. The van der Waals surface area contributed by atoms with Crippen LogP contribution in [-0.4, -0.2) is 16.9 Å². The van der Waals surface area contributed by atoms with Gasteiger partial charge in [-0.1, -0.05) is 13.8 Å². The molecule has 5 heteroatoms. The summed E-state index contributed by atoms with van der Waals surface area (Å²) in [5.74, 6) is 5.81. The minimum Gasteiger partial charge on any atom is -0.349 e. The van der Waals surface area contributed by atoms with Crippen molar-refractivity contribution in [2.75, 3.05) is 5.43 Å². The van der Waals surface area contributed by atoms with Crippen molar-refractivity contribution >= 4 is 11.6 Å². The first-order chi connectivity index (χ1) is 8.43. The number of nitrogens with one attached hydrogen (secondary N) is 2. The highest BCUT2D eigenvalue weighted by Crippen LogP contribution is 2.15. The van der Waals surface area contributed by atoms with Crippen molar-refractivity contribution in [1.29, 1.82) is 0 Å². The average Bonchev–Trinajstić information content (AvgIpc) is 2.27. The second kappa shape index (κ2) is 6.35. The van der Waals surface area contributed by atoms with E-state index in [0.29, 0.717) is 17.2 Å². The number of hydrogen-bond acceptors (Lipinski definition) is 4. The van der Waals surface area contributed by atoms with Crippen LogP contribution in [0.3, 0.4) is 0 Å². The lowest BCUT2D eigenvalue weighted by molar-refractivity contribution is 0.0936. The molecule has 5 nitrogen and oxygen atoms in total. The van der Waals surface area contributed by atoms with Gasteiger partial charge in [0.2, 0.25) is 0 Å². The standard InChI is InChI=1S/C13H22N4O/c1-8(2)5-10(4)16-13(18)11-7-15-9(3)6-12(11)17-14/h6-8,10H,5,14H2,1-4H3,(H,15,17)(H,16,18). The van der Waals surface area contributed by atoms with Crippen LogP contribution < -0.4 is 16.6 Å². The fraction of sp³-hybridized carbons (Fsp3) is 0.538. The maximum Gasteiger partial charge on any atom is 0.255 e. The van der Waals surface area contributed by atoms with Crippen LogP contribution >= 0.6 is 0 Å². The first-order valence-electron chi connectivity index (χ1n) is 6.18. The second-order valence-electron chi connectivity index (χ2n) is 5.02. The molecule has 0 bridgehead atoms. The third-order valence-electron chi connectivity index (χ3n) is 2.64. The van der Waals surface area contributed by atoms with Crippen LogP contribution in [0.25, 0.3) is 0 Å². The summed E-state index contributed by atoms with van der Waals surface area (Å²) in [6.07, 6.45) is 2.48. The number of nitrogens with two attached hydrogens (primary N) is 1. The Labute approximate surface area is 108 Å². The number of hydrogen-bond donors (Lipinski definition) is 3. The van der Waals surface area contributed by atoms with E-state index in [1.54, 1.807) is 12.3 Å². The minimum atomic E-state index is -0.149. The number of nitrogens with zero attached hydrogens (tertiary/aromatic N) is 1. The van der Waals surface area contributed by atoms with E-state index in [1.165, 1.54) is 0 Å². The van der Waals surface area contributed by atoms with Crippen molar-refractivity contribution in [3.63, 3.8) is 0 Å². The van der Waals surface area contributed by atoms with E-state index in [1.807, 2.05) is 13.8 Å². The van der Waals surface area contributed by atoms with Gasteiger partial charge in [-0.05, 0) is 32.3 Å². The van der Waals surface area contributed by atoms with Crippen molar-refractivity contribution < 1.29 is 4.79 Å². The number of carbonyl (C=O) groups is 1. The largest absolute Gasteiger partial charge is 0.349 e. The highest BCUT2D eigenvalue weighted by Gasteiger charge is 2.14. The molecule has 0 fully saturated rings. The molecular formula is C13H22N4O. The lowest BCUT2D eigenvalue weighted by atomic mass is 10.0. The van der Waals surface area contributed by atoms with Gasteiger partial charge in [-0.2, -0.15) is 0 Å². The molecule has 18 heavy (non-hydrogen) atoms.